The molecule has 19 heavy (non-hydrogen) atoms. The normalized spacial score (nSPS) is 17.4. The molecule has 0 aromatic heterocycles. The predicted octanol–water partition coefficient (Wildman–Crippen LogP) is 2.73. The van der Waals surface area contributed by atoms with E-state index in [1.165, 1.54) is 24.0 Å². The van der Waals surface area contributed by atoms with Gasteiger partial charge in [0.25, 0.3) is 0 Å². The molecular formula is C16H22O3. The molecule has 0 bridgehead atoms. The van der Waals surface area contributed by atoms with Crippen LogP contribution in [-0.2, 0) is 28.0 Å². The zero-order chi connectivity index (χ0) is 13.9. The fourth-order valence-corrected chi connectivity index (χ4v) is 2.66. The third kappa shape index (κ3) is 3.35. The van der Waals surface area contributed by atoms with Crippen LogP contribution in [0.1, 0.15) is 49.8 Å². The van der Waals surface area contributed by atoms with E-state index >= 15 is 0 Å². The Bertz CT molecular complexity index is 463. The molecule has 3 heteroatoms. The summed E-state index contributed by atoms with van der Waals surface area (Å²) in [6.07, 6.45) is 4.63. The van der Waals surface area contributed by atoms with Crippen molar-refractivity contribution in [1.29, 1.82) is 0 Å². The molecule has 2 rings (SSSR count). The predicted molar refractivity (Wildman–Crippen MR) is 73.9 cm³/mol. The van der Waals surface area contributed by atoms with Crippen molar-refractivity contribution >= 4 is 5.97 Å². The van der Waals surface area contributed by atoms with Crippen LogP contribution in [0, 0.1) is 0 Å². The van der Waals surface area contributed by atoms with Gasteiger partial charge in [0.05, 0.1) is 18.6 Å². The molecule has 0 spiro atoms. The van der Waals surface area contributed by atoms with Gasteiger partial charge in [0.2, 0.25) is 0 Å². The third-order valence-corrected chi connectivity index (χ3v) is 3.76. The van der Waals surface area contributed by atoms with E-state index in [-0.39, 0.29) is 12.4 Å². The summed E-state index contributed by atoms with van der Waals surface area (Å²) in [5.74, 6) is -0.356. The highest BCUT2D eigenvalue weighted by atomic mass is 16.5. The molecule has 0 heterocycles. The van der Waals surface area contributed by atoms with Gasteiger partial charge in [-0.1, -0.05) is 18.2 Å². The van der Waals surface area contributed by atoms with Gasteiger partial charge in [0.15, 0.2) is 0 Å². The summed E-state index contributed by atoms with van der Waals surface area (Å²) >= 11 is 0. The number of hydrogen-bond donors (Lipinski definition) is 1. The van der Waals surface area contributed by atoms with Gasteiger partial charge in [-0.25, -0.2) is 0 Å². The summed E-state index contributed by atoms with van der Waals surface area (Å²) in [5, 5.41) is 10.5. The highest BCUT2D eigenvalue weighted by molar-refractivity contribution is 5.71. The first-order valence-corrected chi connectivity index (χ1v) is 7.03. The Hall–Kier alpha value is -1.35. The topological polar surface area (TPSA) is 46.5 Å². The average molecular weight is 262 g/mol. The number of hydrogen-bond acceptors (Lipinski definition) is 3. The molecule has 0 saturated carbocycles. The number of ether oxygens (including phenoxy) is 1. The summed E-state index contributed by atoms with van der Waals surface area (Å²) in [6.45, 7) is 3.79. The van der Waals surface area contributed by atoms with Gasteiger partial charge >= 0.3 is 5.97 Å². The van der Waals surface area contributed by atoms with Crippen LogP contribution in [0.5, 0.6) is 0 Å². The Morgan fingerprint density at radius 3 is 2.68 bits per heavy atom. The molecule has 3 nitrogen and oxygen atoms in total. The molecule has 0 amide bonds. The van der Waals surface area contributed by atoms with Crippen molar-refractivity contribution in [2.75, 3.05) is 6.61 Å². The molecule has 1 atom stereocenters. The lowest BCUT2D eigenvalue weighted by atomic mass is 9.85. The Balaban J connectivity index is 2.17. The van der Waals surface area contributed by atoms with E-state index in [0.29, 0.717) is 6.61 Å². The largest absolute Gasteiger partial charge is 0.466 e. The number of aliphatic hydroxyl groups is 1. The molecule has 1 unspecified atom stereocenters. The average Bonchev–Trinajstić information content (AvgIpc) is 2.37. The minimum Gasteiger partial charge on any atom is -0.466 e. The van der Waals surface area contributed by atoms with Crippen molar-refractivity contribution in [3.63, 3.8) is 0 Å². The molecule has 1 aromatic carbocycles. The van der Waals surface area contributed by atoms with Crippen molar-refractivity contribution in [2.45, 2.75) is 51.6 Å². The van der Waals surface area contributed by atoms with Crippen molar-refractivity contribution in [2.24, 2.45) is 0 Å². The molecule has 1 aliphatic carbocycles. The van der Waals surface area contributed by atoms with E-state index in [2.05, 4.69) is 6.07 Å². The zero-order valence-electron chi connectivity index (χ0n) is 11.7. The van der Waals surface area contributed by atoms with Crippen LogP contribution in [0.15, 0.2) is 18.2 Å². The highest BCUT2D eigenvalue weighted by Gasteiger charge is 2.28. The molecule has 0 radical (unpaired) electrons. The van der Waals surface area contributed by atoms with Crippen LogP contribution in [0.3, 0.4) is 0 Å². The number of aryl methyl sites for hydroxylation is 2. The monoisotopic (exact) mass is 262 g/mol. The highest BCUT2D eigenvalue weighted by Crippen LogP contribution is 2.29. The molecule has 104 valence electrons. The van der Waals surface area contributed by atoms with Crippen molar-refractivity contribution in [1.82, 2.24) is 0 Å². The van der Waals surface area contributed by atoms with Crippen LogP contribution in [-0.4, -0.2) is 17.7 Å². The summed E-state index contributed by atoms with van der Waals surface area (Å²) in [4.78, 5) is 11.5. The van der Waals surface area contributed by atoms with E-state index in [1.54, 1.807) is 13.8 Å². The minimum atomic E-state index is -1.15. The summed E-state index contributed by atoms with van der Waals surface area (Å²) in [6, 6.07) is 6.07. The molecular weight excluding hydrogens is 240 g/mol. The maximum atomic E-state index is 11.5. The van der Waals surface area contributed by atoms with Crippen LogP contribution < -0.4 is 0 Å². The van der Waals surface area contributed by atoms with Crippen molar-refractivity contribution in [3.05, 3.63) is 34.9 Å². The third-order valence-electron chi connectivity index (χ3n) is 3.76. The Morgan fingerprint density at radius 1 is 1.32 bits per heavy atom. The zero-order valence-corrected chi connectivity index (χ0v) is 11.7. The number of benzene rings is 1. The smallest absolute Gasteiger partial charge is 0.309 e. The van der Waals surface area contributed by atoms with Crippen LogP contribution in [0.4, 0.5) is 0 Å². The fraction of sp³-hybridized carbons (Fsp3) is 0.562. The van der Waals surface area contributed by atoms with E-state index in [9.17, 15) is 9.90 Å². The number of carbonyl (C=O) groups is 1. The first-order valence-electron chi connectivity index (χ1n) is 7.03. The van der Waals surface area contributed by atoms with Crippen molar-refractivity contribution in [3.8, 4) is 0 Å². The van der Waals surface area contributed by atoms with Gasteiger partial charge in [0, 0.05) is 0 Å². The second-order valence-corrected chi connectivity index (χ2v) is 5.45. The Morgan fingerprint density at radius 2 is 2.00 bits per heavy atom. The SMILES string of the molecule is CCOC(=O)CC(C)(O)c1ccc2c(c1)CCCC2. The Labute approximate surface area is 114 Å². The van der Waals surface area contributed by atoms with Gasteiger partial charge in [-0.05, 0) is 56.2 Å². The number of carbonyl (C=O) groups excluding carboxylic acids is 1. The van der Waals surface area contributed by atoms with Crippen LogP contribution in [0.25, 0.3) is 0 Å². The maximum Gasteiger partial charge on any atom is 0.309 e. The second-order valence-electron chi connectivity index (χ2n) is 5.45. The lowest BCUT2D eigenvalue weighted by Crippen LogP contribution is -2.26. The van der Waals surface area contributed by atoms with Gasteiger partial charge < -0.3 is 9.84 Å². The lowest BCUT2D eigenvalue weighted by molar-refractivity contribution is -0.148. The van der Waals surface area contributed by atoms with E-state index in [0.717, 1.165) is 18.4 Å². The molecule has 0 aliphatic heterocycles. The fourth-order valence-electron chi connectivity index (χ4n) is 2.66. The van der Waals surface area contributed by atoms with E-state index < -0.39 is 5.60 Å². The van der Waals surface area contributed by atoms with E-state index in [4.69, 9.17) is 4.74 Å². The number of fused-ring (bicyclic) bond motifs is 1. The van der Waals surface area contributed by atoms with Crippen LogP contribution >= 0.6 is 0 Å². The number of rotatable bonds is 4. The summed E-state index contributed by atoms with van der Waals surface area (Å²) in [7, 11) is 0. The Kier molecular flexibility index (Phi) is 4.25. The van der Waals surface area contributed by atoms with Crippen molar-refractivity contribution < 1.29 is 14.6 Å². The van der Waals surface area contributed by atoms with Gasteiger partial charge in [0.1, 0.15) is 0 Å². The minimum absolute atomic E-state index is 0.000370. The van der Waals surface area contributed by atoms with Gasteiger partial charge in [-0.15, -0.1) is 0 Å². The van der Waals surface area contributed by atoms with Gasteiger partial charge in [-0.3, -0.25) is 4.79 Å². The van der Waals surface area contributed by atoms with Crippen LogP contribution in [0.2, 0.25) is 0 Å². The molecule has 0 fully saturated rings. The number of esters is 1. The lowest BCUT2D eigenvalue weighted by Gasteiger charge is -2.25. The molecule has 0 saturated heterocycles. The molecule has 1 aromatic rings. The first kappa shape index (κ1) is 14.1. The second kappa shape index (κ2) is 5.74. The summed E-state index contributed by atoms with van der Waals surface area (Å²) < 4.78 is 4.91. The van der Waals surface area contributed by atoms with E-state index in [1.807, 2.05) is 12.1 Å². The molecule has 1 N–H and O–H groups in total. The standard InChI is InChI=1S/C16H22O3/c1-3-19-15(17)11-16(2,18)14-9-8-12-6-4-5-7-13(12)10-14/h8-10,18H,3-7,11H2,1-2H3. The summed E-state index contributed by atoms with van der Waals surface area (Å²) in [5.41, 5.74) is 2.34. The first-order chi connectivity index (χ1) is 9.03. The maximum absolute atomic E-state index is 11.5. The van der Waals surface area contributed by atoms with Gasteiger partial charge in [-0.2, -0.15) is 0 Å². The quantitative estimate of drug-likeness (QED) is 0.849. The molecule has 1 aliphatic rings.